The van der Waals surface area contributed by atoms with E-state index in [4.69, 9.17) is 4.74 Å². The number of fused-ring (bicyclic) bond motifs is 1. The third kappa shape index (κ3) is 3.12. The van der Waals surface area contributed by atoms with Gasteiger partial charge in [-0.3, -0.25) is 9.59 Å². The topological polar surface area (TPSA) is 75.6 Å². The third-order valence-corrected chi connectivity index (χ3v) is 3.34. The number of nitrogens with one attached hydrogen (secondary N) is 1. The van der Waals surface area contributed by atoms with Crippen LogP contribution in [0, 0.1) is 0 Å². The first-order chi connectivity index (χ1) is 9.11. The minimum atomic E-state index is -0.850. The van der Waals surface area contributed by atoms with Gasteiger partial charge < -0.3 is 15.2 Å². The molecule has 5 heteroatoms. The van der Waals surface area contributed by atoms with Crippen LogP contribution < -0.4 is 5.32 Å². The molecule has 1 heterocycles. The zero-order valence-corrected chi connectivity index (χ0v) is 10.8. The van der Waals surface area contributed by atoms with Gasteiger partial charge in [0, 0.05) is 25.8 Å². The van der Waals surface area contributed by atoms with Crippen LogP contribution in [-0.2, 0) is 20.7 Å². The molecule has 1 atom stereocenters. The number of ether oxygens (including phenoxy) is 1. The van der Waals surface area contributed by atoms with Gasteiger partial charge in [-0.15, -0.1) is 0 Å². The minimum Gasteiger partial charge on any atom is -0.481 e. The number of rotatable bonds is 5. The summed E-state index contributed by atoms with van der Waals surface area (Å²) in [4.78, 5) is 22.6. The van der Waals surface area contributed by atoms with Crippen LogP contribution >= 0.6 is 0 Å². The summed E-state index contributed by atoms with van der Waals surface area (Å²) in [7, 11) is 1.56. The molecule has 5 nitrogen and oxygen atoms in total. The molecule has 0 saturated carbocycles. The molecule has 1 aliphatic heterocycles. The second-order valence-corrected chi connectivity index (χ2v) is 4.64. The van der Waals surface area contributed by atoms with Crippen molar-refractivity contribution in [1.29, 1.82) is 0 Å². The number of carbonyl (C=O) groups is 2. The Bertz CT molecular complexity index is 498. The van der Waals surface area contributed by atoms with Gasteiger partial charge in [0.25, 0.3) is 0 Å². The first kappa shape index (κ1) is 13.5. The van der Waals surface area contributed by atoms with Gasteiger partial charge in [0.05, 0.1) is 5.92 Å². The largest absolute Gasteiger partial charge is 0.481 e. The zero-order chi connectivity index (χ0) is 13.8. The van der Waals surface area contributed by atoms with Gasteiger partial charge in [0.1, 0.15) is 0 Å². The highest BCUT2D eigenvalue weighted by Crippen LogP contribution is 2.28. The first-order valence-corrected chi connectivity index (χ1v) is 6.26. The van der Waals surface area contributed by atoms with Crippen LogP contribution in [0.5, 0.6) is 0 Å². The van der Waals surface area contributed by atoms with Gasteiger partial charge in [-0.1, -0.05) is 12.1 Å². The van der Waals surface area contributed by atoms with Crippen LogP contribution in [0.2, 0.25) is 0 Å². The molecule has 1 aliphatic rings. The van der Waals surface area contributed by atoms with Gasteiger partial charge in [-0.05, 0) is 30.0 Å². The predicted octanol–water partition coefficient (Wildman–Crippen LogP) is 1.78. The molecule has 2 N–H and O–H groups in total. The molecule has 1 aromatic carbocycles. The number of hydrogen-bond acceptors (Lipinski definition) is 3. The van der Waals surface area contributed by atoms with Crippen molar-refractivity contribution >= 4 is 17.6 Å². The van der Waals surface area contributed by atoms with Crippen molar-refractivity contribution in [3.8, 4) is 0 Å². The minimum absolute atomic E-state index is 0.00872. The van der Waals surface area contributed by atoms with E-state index in [0.717, 1.165) is 16.8 Å². The summed E-state index contributed by atoms with van der Waals surface area (Å²) in [5.41, 5.74) is 2.55. The van der Waals surface area contributed by atoms with E-state index in [9.17, 15) is 14.7 Å². The number of anilines is 1. The van der Waals surface area contributed by atoms with E-state index in [0.29, 0.717) is 25.9 Å². The van der Waals surface area contributed by atoms with Crippen LogP contribution in [0.3, 0.4) is 0 Å². The molecule has 0 spiro atoms. The summed E-state index contributed by atoms with van der Waals surface area (Å²) in [6, 6.07) is 5.42. The number of benzene rings is 1. The molecule has 0 fully saturated rings. The summed E-state index contributed by atoms with van der Waals surface area (Å²) < 4.78 is 4.95. The molecular weight excluding hydrogens is 246 g/mol. The van der Waals surface area contributed by atoms with E-state index < -0.39 is 11.9 Å². The lowest BCUT2D eigenvalue weighted by Gasteiger charge is -2.19. The van der Waals surface area contributed by atoms with Crippen molar-refractivity contribution in [3.63, 3.8) is 0 Å². The van der Waals surface area contributed by atoms with Gasteiger partial charge >= 0.3 is 5.97 Å². The Morgan fingerprint density at radius 3 is 2.95 bits per heavy atom. The quantitative estimate of drug-likeness (QED) is 0.849. The second kappa shape index (κ2) is 5.84. The van der Waals surface area contributed by atoms with E-state index in [1.54, 1.807) is 19.2 Å². The Labute approximate surface area is 111 Å². The Morgan fingerprint density at radius 1 is 1.47 bits per heavy atom. The third-order valence-electron chi connectivity index (χ3n) is 3.34. The number of carboxylic acid groups (broad SMARTS) is 1. The van der Waals surface area contributed by atoms with Crippen molar-refractivity contribution < 1.29 is 19.4 Å². The molecule has 19 heavy (non-hydrogen) atoms. The van der Waals surface area contributed by atoms with Crippen molar-refractivity contribution in [2.75, 3.05) is 19.0 Å². The van der Waals surface area contributed by atoms with Crippen LogP contribution in [-0.4, -0.2) is 30.7 Å². The first-order valence-electron chi connectivity index (χ1n) is 6.26. The fourth-order valence-corrected chi connectivity index (χ4v) is 2.29. The number of carboxylic acids is 1. The summed E-state index contributed by atoms with van der Waals surface area (Å²) in [6.07, 6.45) is 1.55. The van der Waals surface area contributed by atoms with Crippen molar-refractivity contribution in [2.45, 2.75) is 25.2 Å². The van der Waals surface area contributed by atoms with Crippen LogP contribution in [0.1, 0.15) is 29.9 Å². The highest BCUT2D eigenvalue weighted by atomic mass is 16.5. The molecular formula is C14H17NO4. The lowest BCUT2D eigenvalue weighted by atomic mass is 9.92. The summed E-state index contributed by atoms with van der Waals surface area (Å²) in [6.45, 7) is 0.408. The van der Waals surface area contributed by atoms with Gasteiger partial charge in [-0.25, -0.2) is 0 Å². The lowest BCUT2D eigenvalue weighted by molar-refractivity contribution is -0.139. The molecule has 2 rings (SSSR count). The van der Waals surface area contributed by atoms with Crippen molar-refractivity contribution in [2.24, 2.45) is 0 Å². The summed E-state index contributed by atoms with van der Waals surface area (Å²) in [5, 5.41) is 12.1. The number of methoxy groups -OCH3 is 1. The van der Waals surface area contributed by atoms with E-state index in [1.807, 2.05) is 6.07 Å². The normalized spacial score (nSPS) is 15.5. The average molecular weight is 263 g/mol. The monoisotopic (exact) mass is 263 g/mol. The van der Waals surface area contributed by atoms with E-state index in [2.05, 4.69) is 5.32 Å². The Kier molecular flexibility index (Phi) is 4.16. The number of aliphatic carboxylic acids is 1. The molecule has 0 bridgehead atoms. The van der Waals surface area contributed by atoms with Gasteiger partial charge in [0.2, 0.25) is 5.91 Å². The second-order valence-electron chi connectivity index (χ2n) is 4.64. The zero-order valence-electron chi connectivity index (χ0n) is 10.8. The Balaban J connectivity index is 2.24. The molecule has 0 radical (unpaired) electrons. The summed E-state index contributed by atoms with van der Waals surface area (Å²) >= 11 is 0. The molecule has 1 aromatic rings. The van der Waals surface area contributed by atoms with Crippen molar-refractivity contribution in [3.05, 3.63) is 29.3 Å². The maximum absolute atomic E-state index is 11.3. The fourth-order valence-electron chi connectivity index (χ4n) is 2.29. The van der Waals surface area contributed by atoms with Gasteiger partial charge in [0.15, 0.2) is 0 Å². The van der Waals surface area contributed by atoms with E-state index in [-0.39, 0.29) is 5.91 Å². The Hall–Kier alpha value is -1.88. The van der Waals surface area contributed by atoms with Crippen LogP contribution in [0.4, 0.5) is 5.69 Å². The van der Waals surface area contributed by atoms with Gasteiger partial charge in [-0.2, -0.15) is 0 Å². The lowest BCUT2D eigenvalue weighted by Crippen LogP contribution is -2.20. The molecule has 102 valence electrons. The van der Waals surface area contributed by atoms with E-state index in [1.165, 1.54) is 0 Å². The standard InChI is InChI=1S/C14H17NO4/c1-19-7-6-11(14(17)18)9-2-4-12-10(8-9)3-5-13(16)15-12/h2,4,8,11H,3,5-7H2,1H3,(H,15,16)(H,17,18). The average Bonchev–Trinajstić information content (AvgIpc) is 2.39. The summed E-state index contributed by atoms with van der Waals surface area (Å²) in [5.74, 6) is -1.41. The molecule has 0 aliphatic carbocycles. The van der Waals surface area contributed by atoms with E-state index >= 15 is 0 Å². The number of aryl methyl sites for hydroxylation is 1. The fraction of sp³-hybridized carbons (Fsp3) is 0.429. The SMILES string of the molecule is COCCC(C(=O)O)c1ccc2c(c1)CCC(=O)N2. The van der Waals surface area contributed by atoms with Crippen molar-refractivity contribution in [1.82, 2.24) is 0 Å². The maximum atomic E-state index is 11.3. The molecule has 1 amide bonds. The number of carbonyl (C=O) groups excluding carboxylic acids is 1. The number of hydrogen-bond donors (Lipinski definition) is 2. The smallest absolute Gasteiger partial charge is 0.311 e. The molecule has 1 unspecified atom stereocenters. The highest BCUT2D eigenvalue weighted by Gasteiger charge is 2.22. The molecule has 0 aromatic heterocycles. The predicted molar refractivity (Wildman–Crippen MR) is 70.3 cm³/mol. The highest BCUT2D eigenvalue weighted by molar-refractivity contribution is 5.94. The maximum Gasteiger partial charge on any atom is 0.311 e. The van der Waals surface area contributed by atoms with Crippen LogP contribution in [0.25, 0.3) is 0 Å². The number of amides is 1. The van der Waals surface area contributed by atoms with Crippen LogP contribution in [0.15, 0.2) is 18.2 Å². The Morgan fingerprint density at radius 2 is 2.26 bits per heavy atom. The molecule has 0 saturated heterocycles.